The van der Waals surface area contributed by atoms with Gasteiger partial charge in [0.2, 0.25) is 5.13 Å². The second kappa shape index (κ2) is 5.98. The van der Waals surface area contributed by atoms with Crippen LogP contribution < -0.4 is 5.32 Å². The molecule has 0 radical (unpaired) electrons. The summed E-state index contributed by atoms with van der Waals surface area (Å²) >= 11 is 6.22. The summed E-state index contributed by atoms with van der Waals surface area (Å²) in [6.45, 7) is 0. The average molecular weight is 406 g/mol. The molecule has 1 N–H and O–H groups in total. The Labute approximate surface area is 140 Å². The van der Waals surface area contributed by atoms with Crippen LogP contribution in [0.2, 0.25) is 0 Å². The maximum Gasteiger partial charge on any atom is 0.416 e. The van der Waals surface area contributed by atoms with Gasteiger partial charge in [-0.3, -0.25) is 0 Å². The summed E-state index contributed by atoms with van der Waals surface area (Å²) in [6.07, 6.45) is -4.37. The molecule has 0 aliphatic carbocycles. The summed E-state index contributed by atoms with van der Waals surface area (Å²) in [4.78, 5) is 0. The minimum absolute atomic E-state index is 0.321. The number of aromatic nitrogens is 2. The van der Waals surface area contributed by atoms with E-state index in [4.69, 9.17) is 0 Å². The third-order valence-electron chi connectivity index (χ3n) is 2.71. The van der Waals surface area contributed by atoms with E-state index in [0.717, 1.165) is 21.5 Å². The molecule has 0 aliphatic rings. The van der Waals surface area contributed by atoms with Crippen molar-refractivity contribution in [3.05, 3.63) is 45.1 Å². The van der Waals surface area contributed by atoms with Crippen LogP contribution in [0.15, 0.2) is 39.5 Å². The normalized spacial score (nSPS) is 11.6. The molecule has 2 aromatic heterocycles. The molecule has 114 valence electrons. The first-order valence-corrected chi connectivity index (χ1v) is 8.43. The van der Waals surface area contributed by atoms with E-state index in [2.05, 4.69) is 31.4 Å². The first kappa shape index (κ1) is 15.4. The number of anilines is 2. The van der Waals surface area contributed by atoms with Gasteiger partial charge in [-0.1, -0.05) is 17.4 Å². The molecule has 0 bridgehead atoms. The Hall–Kier alpha value is -1.45. The Kier molecular flexibility index (Phi) is 4.20. The Morgan fingerprint density at radius 2 is 1.95 bits per heavy atom. The number of rotatable bonds is 3. The maximum atomic E-state index is 12.7. The van der Waals surface area contributed by atoms with Crippen LogP contribution in [0.3, 0.4) is 0 Å². The van der Waals surface area contributed by atoms with Crippen molar-refractivity contribution >= 4 is 49.4 Å². The Balaban J connectivity index is 1.83. The molecule has 0 amide bonds. The number of nitrogens with one attached hydrogen (secondary N) is 1. The van der Waals surface area contributed by atoms with Crippen molar-refractivity contribution in [2.75, 3.05) is 5.32 Å². The van der Waals surface area contributed by atoms with Crippen LogP contribution in [0.25, 0.3) is 10.6 Å². The molecule has 0 unspecified atom stereocenters. The lowest BCUT2D eigenvalue weighted by molar-refractivity contribution is -0.137. The highest BCUT2D eigenvalue weighted by Gasteiger charge is 2.30. The number of nitrogens with zero attached hydrogens (tertiary/aromatic N) is 2. The average Bonchev–Trinajstić information content (AvgIpc) is 3.07. The highest BCUT2D eigenvalue weighted by atomic mass is 79.9. The molecule has 3 rings (SSSR count). The van der Waals surface area contributed by atoms with Gasteiger partial charge >= 0.3 is 6.18 Å². The lowest BCUT2D eigenvalue weighted by atomic mass is 10.2. The number of alkyl halides is 3. The van der Waals surface area contributed by atoms with Gasteiger partial charge in [-0.2, -0.15) is 13.2 Å². The summed E-state index contributed by atoms with van der Waals surface area (Å²) in [7, 11) is 0. The predicted octanol–water partition coefficient (Wildman–Crippen LogP) is 5.79. The number of thiophene rings is 1. The lowest BCUT2D eigenvalue weighted by Crippen LogP contribution is -2.05. The van der Waals surface area contributed by atoms with E-state index in [-0.39, 0.29) is 0 Å². The smallest absolute Gasteiger partial charge is 0.330 e. The summed E-state index contributed by atoms with van der Waals surface area (Å²) in [5, 5.41) is 13.9. The SMILES string of the molecule is FC(F)(F)c1cccc(Nc2nnc(-c3ccsc3Br)s2)c1. The quantitative estimate of drug-likeness (QED) is 0.598. The van der Waals surface area contributed by atoms with Crippen molar-refractivity contribution in [1.29, 1.82) is 0 Å². The Morgan fingerprint density at radius 1 is 1.14 bits per heavy atom. The van der Waals surface area contributed by atoms with Crippen LogP contribution in [-0.4, -0.2) is 10.2 Å². The molecule has 3 aromatic rings. The van der Waals surface area contributed by atoms with E-state index in [1.807, 2.05) is 11.4 Å². The third kappa shape index (κ3) is 3.31. The van der Waals surface area contributed by atoms with Gasteiger partial charge in [0.15, 0.2) is 5.01 Å². The van der Waals surface area contributed by atoms with Crippen LogP contribution in [0, 0.1) is 0 Å². The van der Waals surface area contributed by atoms with Gasteiger partial charge in [0.25, 0.3) is 0 Å². The molecule has 0 saturated carbocycles. The zero-order valence-corrected chi connectivity index (χ0v) is 13.9. The zero-order chi connectivity index (χ0) is 15.7. The number of hydrogen-bond acceptors (Lipinski definition) is 5. The molecule has 0 atom stereocenters. The molecule has 9 heteroatoms. The minimum atomic E-state index is -4.37. The van der Waals surface area contributed by atoms with Gasteiger partial charge in [0.1, 0.15) is 0 Å². The highest BCUT2D eigenvalue weighted by Crippen LogP contribution is 2.37. The van der Waals surface area contributed by atoms with E-state index in [1.54, 1.807) is 6.07 Å². The fourth-order valence-corrected chi connectivity index (χ4v) is 3.98. The molecule has 0 aliphatic heterocycles. The number of hydrogen-bond donors (Lipinski definition) is 1. The van der Waals surface area contributed by atoms with E-state index < -0.39 is 11.7 Å². The van der Waals surface area contributed by atoms with E-state index in [9.17, 15) is 13.2 Å². The van der Waals surface area contributed by atoms with E-state index in [1.165, 1.54) is 28.7 Å². The van der Waals surface area contributed by atoms with Gasteiger partial charge < -0.3 is 5.32 Å². The van der Waals surface area contributed by atoms with Gasteiger partial charge in [-0.15, -0.1) is 21.5 Å². The van der Waals surface area contributed by atoms with Crippen LogP contribution in [0.4, 0.5) is 24.0 Å². The van der Waals surface area contributed by atoms with E-state index >= 15 is 0 Å². The fourth-order valence-electron chi connectivity index (χ4n) is 1.73. The van der Waals surface area contributed by atoms with Gasteiger partial charge in [-0.25, -0.2) is 0 Å². The molecule has 2 heterocycles. The highest BCUT2D eigenvalue weighted by molar-refractivity contribution is 9.11. The number of benzene rings is 1. The molecule has 0 fully saturated rings. The summed E-state index contributed by atoms with van der Waals surface area (Å²) in [6, 6.07) is 6.88. The molecular formula is C13H7BrF3N3S2. The topological polar surface area (TPSA) is 37.8 Å². The van der Waals surface area contributed by atoms with Crippen LogP contribution in [-0.2, 0) is 6.18 Å². The largest absolute Gasteiger partial charge is 0.416 e. The zero-order valence-electron chi connectivity index (χ0n) is 10.7. The molecule has 22 heavy (non-hydrogen) atoms. The molecular weight excluding hydrogens is 399 g/mol. The standard InChI is InChI=1S/C13H7BrF3N3S2/c14-10-9(4-5-21-10)11-19-20-12(22-11)18-8-3-1-2-7(6-8)13(15,16)17/h1-6H,(H,18,20). The maximum absolute atomic E-state index is 12.7. The summed E-state index contributed by atoms with van der Waals surface area (Å²) in [5.41, 5.74) is 0.532. The van der Waals surface area contributed by atoms with Crippen LogP contribution in [0.5, 0.6) is 0 Å². The van der Waals surface area contributed by atoms with Crippen LogP contribution in [0.1, 0.15) is 5.56 Å². The second-order valence-electron chi connectivity index (χ2n) is 4.22. The van der Waals surface area contributed by atoms with Crippen LogP contribution >= 0.6 is 38.6 Å². The molecule has 0 saturated heterocycles. The van der Waals surface area contributed by atoms with Crippen molar-refractivity contribution in [3.8, 4) is 10.6 Å². The van der Waals surface area contributed by atoms with Gasteiger partial charge in [-0.05, 0) is 45.6 Å². The summed E-state index contributed by atoms with van der Waals surface area (Å²) < 4.78 is 39.0. The molecule has 0 spiro atoms. The molecule has 3 nitrogen and oxygen atoms in total. The monoisotopic (exact) mass is 405 g/mol. The van der Waals surface area contributed by atoms with Crippen molar-refractivity contribution < 1.29 is 13.2 Å². The van der Waals surface area contributed by atoms with Crippen molar-refractivity contribution in [2.24, 2.45) is 0 Å². The lowest BCUT2D eigenvalue weighted by Gasteiger charge is -2.08. The fraction of sp³-hybridized carbons (Fsp3) is 0.0769. The van der Waals surface area contributed by atoms with Crippen molar-refractivity contribution in [1.82, 2.24) is 10.2 Å². The first-order chi connectivity index (χ1) is 10.4. The minimum Gasteiger partial charge on any atom is -0.330 e. The Morgan fingerprint density at radius 3 is 2.64 bits per heavy atom. The van der Waals surface area contributed by atoms with Gasteiger partial charge in [0.05, 0.1) is 9.35 Å². The second-order valence-corrected chi connectivity index (χ2v) is 7.44. The predicted molar refractivity (Wildman–Crippen MR) is 85.6 cm³/mol. The summed E-state index contributed by atoms with van der Waals surface area (Å²) in [5.74, 6) is 0. The van der Waals surface area contributed by atoms with Crippen molar-refractivity contribution in [2.45, 2.75) is 6.18 Å². The van der Waals surface area contributed by atoms with E-state index in [0.29, 0.717) is 15.8 Å². The van der Waals surface area contributed by atoms with Gasteiger partial charge in [0, 0.05) is 11.3 Å². The third-order valence-corrected chi connectivity index (χ3v) is 5.27. The molecule has 1 aromatic carbocycles. The first-order valence-electron chi connectivity index (χ1n) is 5.94. The van der Waals surface area contributed by atoms with Crippen molar-refractivity contribution in [3.63, 3.8) is 0 Å². The number of halogens is 4. The Bertz CT molecular complexity index is 798.